The summed E-state index contributed by atoms with van der Waals surface area (Å²) in [4.78, 5) is 25.3. The fraction of sp³-hybridized carbons (Fsp3) is 0.286. The van der Waals surface area contributed by atoms with E-state index in [-0.39, 0.29) is 16.8 Å². The number of nitrogens with zero attached hydrogens (tertiary/aromatic N) is 3. The number of pyridine rings is 1. The molecule has 1 amide bonds. The van der Waals surface area contributed by atoms with Crippen LogP contribution < -0.4 is 25.2 Å². The van der Waals surface area contributed by atoms with Crippen LogP contribution in [0.5, 0.6) is 11.9 Å². The molecule has 0 bridgehead atoms. The SMILES string of the molecule is COc1ncc(-c2ccc3c(Nc4cccc(NS(=O)C5CCCCC5)c4)c(C(N)=O)cnc3c2)c(OC)n1. The summed E-state index contributed by atoms with van der Waals surface area (Å²) in [6.07, 6.45) is 8.46. The van der Waals surface area contributed by atoms with E-state index in [9.17, 15) is 9.00 Å². The molecule has 1 fully saturated rings. The molecule has 1 aliphatic rings. The minimum absolute atomic E-state index is 0.157. The number of methoxy groups -OCH3 is 2. The van der Waals surface area contributed by atoms with Gasteiger partial charge < -0.3 is 25.2 Å². The zero-order chi connectivity index (χ0) is 27.4. The standard InChI is InChI=1S/C28H30N6O4S/c1-37-27-22(15-31-28(33-27)38-2)17-11-12-21-24(13-17)30-16-23(26(29)35)25(21)32-18-7-6-8-19(14-18)34-39(36)20-9-4-3-5-10-20/h6-8,11-16,20,34H,3-5,9-10H2,1-2H3,(H2,29,35)(H,30,32). The van der Waals surface area contributed by atoms with E-state index in [1.165, 1.54) is 26.8 Å². The van der Waals surface area contributed by atoms with Gasteiger partial charge in [0.15, 0.2) is 0 Å². The molecule has 202 valence electrons. The number of nitrogens with two attached hydrogens (primary N) is 1. The third-order valence-electron chi connectivity index (χ3n) is 6.76. The molecule has 0 spiro atoms. The molecule has 0 aliphatic heterocycles. The molecule has 11 heteroatoms. The Hall–Kier alpha value is -4.25. The number of nitrogens with one attached hydrogen (secondary N) is 2. The normalized spacial score (nSPS) is 14.5. The zero-order valence-electron chi connectivity index (χ0n) is 21.8. The van der Waals surface area contributed by atoms with Crippen LogP contribution in [0.2, 0.25) is 0 Å². The summed E-state index contributed by atoms with van der Waals surface area (Å²) in [5.41, 5.74) is 10.0. The zero-order valence-corrected chi connectivity index (χ0v) is 22.6. The Kier molecular flexibility index (Phi) is 7.87. The van der Waals surface area contributed by atoms with Crippen LogP contribution in [-0.4, -0.2) is 44.5 Å². The van der Waals surface area contributed by atoms with Gasteiger partial charge in [-0.15, -0.1) is 0 Å². The second kappa shape index (κ2) is 11.6. The van der Waals surface area contributed by atoms with Crippen molar-refractivity contribution in [2.45, 2.75) is 37.4 Å². The highest BCUT2D eigenvalue weighted by atomic mass is 32.2. The number of anilines is 3. The van der Waals surface area contributed by atoms with Gasteiger partial charge in [-0.2, -0.15) is 4.98 Å². The number of hydrogen-bond acceptors (Lipinski definition) is 8. The third kappa shape index (κ3) is 5.78. The van der Waals surface area contributed by atoms with Crippen molar-refractivity contribution in [1.82, 2.24) is 15.0 Å². The van der Waals surface area contributed by atoms with Gasteiger partial charge >= 0.3 is 6.01 Å². The van der Waals surface area contributed by atoms with Crippen LogP contribution in [0.1, 0.15) is 42.5 Å². The summed E-state index contributed by atoms with van der Waals surface area (Å²) in [6, 6.07) is 13.3. The van der Waals surface area contributed by atoms with E-state index in [4.69, 9.17) is 15.2 Å². The molecule has 39 heavy (non-hydrogen) atoms. The number of hydrogen-bond donors (Lipinski definition) is 3. The van der Waals surface area contributed by atoms with Crippen molar-refractivity contribution in [3.63, 3.8) is 0 Å². The molecule has 4 N–H and O–H groups in total. The van der Waals surface area contributed by atoms with Gasteiger partial charge in [0.25, 0.3) is 5.91 Å². The maximum absolute atomic E-state index is 12.9. The van der Waals surface area contributed by atoms with Crippen LogP contribution in [0.15, 0.2) is 54.9 Å². The Morgan fingerprint density at radius 1 is 1.00 bits per heavy atom. The maximum atomic E-state index is 12.9. The molecular weight excluding hydrogens is 516 g/mol. The Bertz CT molecular complexity index is 1540. The van der Waals surface area contributed by atoms with Crippen molar-refractivity contribution in [3.05, 3.63) is 60.4 Å². The molecule has 2 aromatic heterocycles. The summed E-state index contributed by atoms with van der Waals surface area (Å²) in [7, 11) is 1.85. The monoisotopic (exact) mass is 546 g/mol. The largest absolute Gasteiger partial charge is 0.480 e. The first-order chi connectivity index (χ1) is 19.0. The van der Waals surface area contributed by atoms with Crippen molar-refractivity contribution in [1.29, 1.82) is 0 Å². The van der Waals surface area contributed by atoms with Gasteiger partial charge in [0.1, 0.15) is 11.0 Å². The highest BCUT2D eigenvalue weighted by Gasteiger charge is 2.20. The quantitative estimate of drug-likeness (QED) is 0.267. The van der Waals surface area contributed by atoms with Crippen LogP contribution in [0, 0.1) is 0 Å². The molecule has 1 saturated carbocycles. The van der Waals surface area contributed by atoms with Gasteiger partial charge in [0.05, 0.1) is 41.8 Å². The van der Waals surface area contributed by atoms with E-state index < -0.39 is 16.9 Å². The fourth-order valence-corrected chi connectivity index (χ4v) is 6.06. The van der Waals surface area contributed by atoms with Crippen molar-refractivity contribution < 1.29 is 18.5 Å². The number of primary amides is 1. The lowest BCUT2D eigenvalue weighted by Gasteiger charge is -2.21. The topological polar surface area (TPSA) is 141 Å². The smallest absolute Gasteiger partial charge is 0.319 e. The van der Waals surface area contributed by atoms with Crippen molar-refractivity contribution >= 4 is 44.9 Å². The van der Waals surface area contributed by atoms with Gasteiger partial charge in [-0.05, 0) is 42.7 Å². The van der Waals surface area contributed by atoms with Crippen LogP contribution in [0.4, 0.5) is 17.1 Å². The van der Waals surface area contributed by atoms with Crippen LogP contribution in [-0.2, 0) is 11.0 Å². The van der Waals surface area contributed by atoms with Gasteiger partial charge in [0.2, 0.25) is 5.88 Å². The highest BCUT2D eigenvalue weighted by Crippen LogP contribution is 2.35. The van der Waals surface area contributed by atoms with Crippen LogP contribution in [0.3, 0.4) is 0 Å². The number of benzene rings is 2. The third-order valence-corrected chi connectivity index (χ3v) is 8.27. The number of rotatable bonds is 9. The first-order valence-electron chi connectivity index (χ1n) is 12.7. The predicted octanol–water partition coefficient (Wildman–Crippen LogP) is 4.96. The Labute approximate surface area is 229 Å². The second-order valence-electron chi connectivity index (χ2n) is 9.29. The molecule has 1 aliphatic carbocycles. The molecular formula is C28H30N6O4S. The van der Waals surface area contributed by atoms with Gasteiger partial charge in [-0.3, -0.25) is 9.78 Å². The second-order valence-corrected chi connectivity index (χ2v) is 10.8. The van der Waals surface area contributed by atoms with Crippen LogP contribution >= 0.6 is 0 Å². The molecule has 0 saturated heterocycles. The minimum Gasteiger partial charge on any atom is -0.480 e. The van der Waals surface area contributed by atoms with Gasteiger partial charge in [-0.1, -0.05) is 37.5 Å². The summed E-state index contributed by atoms with van der Waals surface area (Å²) >= 11 is 0. The van der Waals surface area contributed by atoms with E-state index in [1.54, 1.807) is 6.20 Å². The van der Waals surface area contributed by atoms with E-state index in [0.717, 1.165) is 36.9 Å². The molecule has 5 rings (SSSR count). The number of ether oxygens (including phenoxy) is 2. The summed E-state index contributed by atoms with van der Waals surface area (Å²) in [6.45, 7) is 0. The Balaban J connectivity index is 1.47. The van der Waals surface area contributed by atoms with E-state index in [1.807, 2.05) is 42.5 Å². The summed E-state index contributed by atoms with van der Waals surface area (Å²) in [5, 5.41) is 4.20. The maximum Gasteiger partial charge on any atom is 0.319 e. The molecule has 10 nitrogen and oxygen atoms in total. The summed E-state index contributed by atoms with van der Waals surface area (Å²) in [5.74, 6) is -0.239. The number of aromatic nitrogens is 3. The lowest BCUT2D eigenvalue weighted by Crippen LogP contribution is -2.23. The molecule has 1 atom stereocenters. The number of carbonyl (C=O) groups is 1. The van der Waals surface area contributed by atoms with Crippen molar-refractivity contribution in [3.8, 4) is 23.0 Å². The van der Waals surface area contributed by atoms with E-state index >= 15 is 0 Å². The fourth-order valence-electron chi connectivity index (χ4n) is 4.77. The molecule has 2 aromatic carbocycles. The molecule has 0 radical (unpaired) electrons. The average Bonchev–Trinajstić information content (AvgIpc) is 2.97. The Morgan fingerprint density at radius 3 is 2.54 bits per heavy atom. The van der Waals surface area contributed by atoms with Crippen molar-refractivity contribution in [2.75, 3.05) is 24.3 Å². The predicted molar refractivity (Wildman–Crippen MR) is 153 cm³/mol. The molecule has 2 heterocycles. The molecule has 4 aromatic rings. The van der Waals surface area contributed by atoms with E-state index in [2.05, 4.69) is 25.0 Å². The van der Waals surface area contributed by atoms with Gasteiger partial charge in [-0.25, -0.2) is 9.19 Å². The lowest BCUT2D eigenvalue weighted by molar-refractivity contribution is 0.100. The highest BCUT2D eigenvalue weighted by molar-refractivity contribution is 7.87. The lowest BCUT2D eigenvalue weighted by atomic mass is 10.0. The molecule has 1 unspecified atom stereocenters. The summed E-state index contributed by atoms with van der Waals surface area (Å²) < 4.78 is 26.6. The minimum atomic E-state index is -1.16. The Morgan fingerprint density at radius 2 is 1.79 bits per heavy atom. The first kappa shape index (κ1) is 26.4. The number of fused-ring (bicyclic) bond motifs is 1. The first-order valence-corrected chi connectivity index (χ1v) is 13.9. The number of carbonyl (C=O) groups excluding carboxylic acids is 1. The van der Waals surface area contributed by atoms with Crippen LogP contribution in [0.25, 0.3) is 22.0 Å². The average molecular weight is 547 g/mol. The number of amides is 1. The van der Waals surface area contributed by atoms with Gasteiger partial charge in [0, 0.05) is 29.2 Å². The van der Waals surface area contributed by atoms with E-state index in [0.29, 0.717) is 33.7 Å². The van der Waals surface area contributed by atoms with Crippen molar-refractivity contribution in [2.24, 2.45) is 5.73 Å².